The van der Waals surface area contributed by atoms with E-state index in [0.717, 1.165) is 17.5 Å². The monoisotopic (exact) mass is 329 g/mol. The van der Waals surface area contributed by atoms with Crippen LogP contribution in [-0.4, -0.2) is 4.98 Å². The Balaban J connectivity index is 2.21. The third-order valence-corrected chi connectivity index (χ3v) is 3.48. The second-order valence-electron chi connectivity index (χ2n) is 5.07. The molecule has 0 bridgehead atoms. The largest absolute Gasteiger partial charge is 0.416 e. The lowest BCUT2D eigenvalue weighted by molar-refractivity contribution is -0.143. The molecule has 2 aromatic carbocycles. The van der Waals surface area contributed by atoms with Crippen LogP contribution >= 0.6 is 0 Å². The molecule has 0 aliphatic carbocycles. The van der Waals surface area contributed by atoms with E-state index in [1.54, 1.807) is 18.3 Å². The van der Waals surface area contributed by atoms with Crippen LogP contribution in [-0.2, 0) is 12.4 Å². The summed E-state index contributed by atoms with van der Waals surface area (Å²) in [6, 6.07) is 7.97. The van der Waals surface area contributed by atoms with Crippen molar-refractivity contribution in [3.63, 3.8) is 0 Å². The fourth-order valence-corrected chi connectivity index (χ4v) is 2.35. The first-order chi connectivity index (χ1) is 10.6. The highest BCUT2D eigenvalue weighted by Gasteiger charge is 2.36. The minimum Gasteiger partial charge on any atom is -0.361 e. The van der Waals surface area contributed by atoms with Gasteiger partial charge in [-0.05, 0) is 46.8 Å². The maximum atomic E-state index is 12.9. The number of hydrogen-bond donors (Lipinski definition) is 1. The van der Waals surface area contributed by atoms with Crippen molar-refractivity contribution in [3.05, 3.63) is 59.8 Å². The highest BCUT2D eigenvalue weighted by molar-refractivity contribution is 5.85. The molecule has 7 heteroatoms. The molecule has 120 valence electrons. The van der Waals surface area contributed by atoms with Gasteiger partial charge in [0.15, 0.2) is 0 Å². The Hall–Kier alpha value is -2.44. The summed E-state index contributed by atoms with van der Waals surface area (Å²) < 4.78 is 77.3. The Kier molecular flexibility index (Phi) is 3.39. The van der Waals surface area contributed by atoms with E-state index < -0.39 is 23.5 Å². The van der Waals surface area contributed by atoms with E-state index in [4.69, 9.17) is 0 Å². The Morgan fingerprint density at radius 1 is 0.652 bits per heavy atom. The first-order valence-corrected chi connectivity index (χ1v) is 6.51. The molecule has 0 atom stereocenters. The number of alkyl halides is 6. The van der Waals surface area contributed by atoms with Gasteiger partial charge in [-0.3, -0.25) is 0 Å². The Labute approximate surface area is 126 Å². The highest BCUT2D eigenvalue weighted by atomic mass is 19.4. The number of rotatable bonds is 1. The smallest absolute Gasteiger partial charge is 0.361 e. The fourth-order valence-electron chi connectivity index (χ4n) is 2.35. The number of aromatic amines is 1. The fraction of sp³-hybridized carbons (Fsp3) is 0.125. The van der Waals surface area contributed by atoms with Crippen LogP contribution in [0.1, 0.15) is 11.1 Å². The first kappa shape index (κ1) is 15.5. The van der Waals surface area contributed by atoms with Crippen molar-refractivity contribution in [2.24, 2.45) is 0 Å². The van der Waals surface area contributed by atoms with E-state index in [2.05, 4.69) is 4.98 Å². The van der Waals surface area contributed by atoms with Crippen LogP contribution in [0.25, 0.3) is 22.0 Å². The number of H-pyrrole nitrogens is 1. The molecule has 0 fully saturated rings. The van der Waals surface area contributed by atoms with E-state index >= 15 is 0 Å². The first-order valence-electron chi connectivity index (χ1n) is 6.51. The summed E-state index contributed by atoms with van der Waals surface area (Å²) in [6.45, 7) is 0. The van der Waals surface area contributed by atoms with E-state index in [1.165, 1.54) is 12.1 Å². The number of hydrogen-bond acceptors (Lipinski definition) is 0. The van der Waals surface area contributed by atoms with Crippen LogP contribution in [0.5, 0.6) is 0 Å². The van der Waals surface area contributed by atoms with Gasteiger partial charge in [0, 0.05) is 11.7 Å². The predicted octanol–water partition coefficient (Wildman–Crippen LogP) is 5.87. The average Bonchev–Trinajstić information content (AvgIpc) is 2.92. The van der Waals surface area contributed by atoms with Gasteiger partial charge in [0.1, 0.15) is 0 Å². The number of nitrogens with one attached hydrogen (secondary N) is 1. The molecular formula is C16H9F6N. The molecule has 0 saturated heterocycles. The maximum absolute atomic E-state index is 12.9. The van der Waals surface area contributed by atoms with Crippen LogP contribution < -0.4 is 0 Å². The zero-order chi connectivity index (χ0) is 16.8. The van der Waals surface area contributed by atoms with Crippen LogP contribution in [0.4, 0.5) is 26.3 Å². The molecule has 0 radical (unpaired) electrons. The van der Waals surface area contributed by atoms with E-state index in [-0.39, 0.29) is 17.2 Å². The molecule has 1 N–H and O–H groups in total. The number of aromatic nitrogens is 1. The molecule has 23 heavy (non-hydrogen) atoms. The molecule has 0 aliphatic rings. The van der Waals surface area contributed by atoms with E-state index in [0.29, 0.717) is 5.52 Å². The van der Waals surface area contributed by atoms with Crippen molar-refractivity contribution >= 4 is 10.9 Å². The normalized spacial score (nSPS) is 12.8. The molecule has 0 saturated carbocycles. The van der Waals surface area contributed by atoms with Gasteiger partial charge in [0.2, 0.25) is 0 Å². The van der Waals surface area contributed by atoms with Gasteiger partial charge in [-0.1, -0.05) is 12.1 Å². The molecule has 3 rings (SSSR count). The summed E-state index contributed by atoms with van der Waals surface area (Å²) in [5.74, 6) is 0. The Morgan fingerprint density at radius 2 is 1.26 bits per heavy atom. The minimum absolute atomic E-state index is 0.122. The van der Waals surface area contributed by atoms with Crippen molar-refractivity contribution in [1.82, 2.24) is 4.98 Å². The second-order valence-corrected chi connectivity index (χ2v) is 5.07. The predicted molar refractivity (Wildman–Crippen MR) is 73.7 cm³/mol. The van der Waals surface area contributed by atoms with Crippen molar-refractivity contribution < 1.29 is 26.3 Å². The molecule has 0 aliphatic heterocycles. The van der Waals surface area contributed by atoms with Crippen molar-refractivity contribution in [1.29, 1.82) is 0 Å². The van der Waals surface area contributed by atoms with Crippen LogP contribution in [0.15, 0.2) is 48.7 Å². The summed E-state index contributed by atoms with van der Waals surface area (Å²) >= 11 is 0. The SMILES string of the molecule is FC(F)(F)c1cc(-c2ccc3cc[nH]c3c2)cc(C(F)(F)F)c1. The standard InChI is InChI=1S/C16H9F6N/c17-15(18,19)12-5-11(6-13(8-12)16(20,21)22)10-2-1-9-3-4-23-14(9)7-10/h1-8,23H. The molecule has 3 aromatic rings. The molecular weight excluding hydrogens is 320 g/mol. The zero-order valence-corrected chi connectivity index (χ0v) is 11.4. The molecule has 1 heterocycles. The van der Waals surface area contributed by atoms with Crippen LogP contribution in [0.3, 0.4) is 0 Å². The lowest BCUT2D eigenvalue weighted by Crippen LogP contribution is -2.11. The minimum atomic E-state index is -4.85. The van der Waals surface area contributed by atoms with Gasteiger partial charge in [0.25, 0.3) is 0 Å². The van der Waals surface area contributed by atoms with E-state index in [9.17, 15) is 26.3 Å². The van der Waals surface area contributed by atoms with Gasteiger partial charge in [-0.15, -0.1) is 0 Å². The van der Waals surface area contributed by atoms with Crippen molar-refractivity contribution in [3.8, 4) is 11.1 Å². The van der Waals surface area contributed by atoms with E-state index in [1.807, 2.05) is 0 Å². The average molecular weight is 329 g/mol. The Bertz CT molecular complexity index is 825. The third kappa shape index (κ3) is 3.04. The molecule has 1 aromatic heterocycles. The summed E-state index contributed by atoms with van der Waals surface area (Å²) in [6.07, 6.45) is -8.07. The van der Waals surface area contributed by atoms with Gasteiger partial charge in [-0.2, -0.15) is 26.3 Å². The summed E-state index contributed by atoms with van der Waals surface area (Å²) in [5.41, 5.74) is -1.88. The van der Waals surface area contributed by atoms with Crippen molar-refractivity contribution in [2.75, 3.05) is 0 Å². The molecule has 0 unspecified atom stereocenters. The molecule has 0 amide bonds. The Morgan fingerprint density at radius 3 is 1.83 bits per heavy atom. The lowest BCUT2D eigenvalue weighted by Gasteiger charge is -2.14. The topological polar surface area (TPSA) is 15.8 Å². The van der Waals surface area contributed by atoms with Crippen LogP contribution in [0, 0.1) is 0 Å². The zero-order valence-electron chi connectivity index (χ0n) is 11.4. The van der Waals surface area contributed by atoms with Crippen molar-refractivity contribution in [2.45, 2.75) is 12.4 Å². The van der Waals surface area contributed by atoms with Gasteiger partial charge < -0.3 is 4.98 Å². The third-order valence-electron chi connectivity index (χ3n) is 3.48. The lowest BCUT2D eigenvalue weighted by atomic mass is 9.98. The van der Waals surface area contributed by atoms with Crippen LogP contribution in [0.2, 0.25) is 0 Å². The van der Waals surface area contributed by atoms with Gasteiger partial charge >= 0.3 is 12.4 Å². The summed E-state index contributed by atoms with van der Waals surface area (Å²) in [7, 11) is 0. The number of fused-ring (bicyclic) bond motifs is 1. The quantitative estimate of drug-likeness (QED) is 0.537. The maximum Gasteiger partial charge on any atom is 0.416 e. The van der Waals surface area contributed by atoms with Gasteiger partial charge in [0.05, 0.1) is 11.1 Å². The summed E-state index contributed by atoms with van der Waals surface area (Å²) in [5, 5.41) is 0.816. The number of halogens is 6. The van der Waals surface area contributed by atoms with Gasteiger partial charge in [-0.25, -0.2) is 0 Å². The number of benzene rings is 2. The highest BCUT2D eigenvalue weighted by Crippen LogP contribution is 2.38. The molecule has 1 nitrogen and oxygen atoms in total. The summed E-state index contributed by atoms with van der Waals surface area (Å²) in [4.78, 5) is 2.87. The second kappa shape index (κ2) is 5.04. The molecule has 0 spiro atoms.